The van der Waals surface area contributed by atoms with Gasteiger partial charge in [-0.15, -0.1) is 0 Å². The number of aliphatic hydroxyl groups excluding tert-OH is 1. The van der Waals surface area contributed by atoms with Crippen molar-refractivity contribution in [2.75, 3.05) is 19.0 Å². The van der Waals surface area contributed by atoms with E-state index in [9.17, 15) is 18.0 Å². The number of nitrogens with one attached hydrogen (secondary N) is 1. The highest BCUT2D eigenvalue weighted by atomic mass is 19.4. The molecule has 0 fully saturated rings. The minimum Gasteiger partial charge on any atom is -0.433 e. The molecule has 1 aromatic heterocycles. The van der Waals surface area contributed by atoms with Crippen LogP contribution >= 0.6 is 0 Å². The van der Waals surface area contributed by atoms with E-state index in [1.54, 1.807) is 6.92 Å². The van der Waals surface area contributed by atoms with Gasteiger partial charge in [-0.1, -0.05) is 0 Å². The molecule has 2 N–H and O–H groups in total. The van der Waals surface area contributed by atoms with Crippen molar-refractivity contribution in [1.82, 2.24) is 9.88 Å². The molecule has 1 aromatic carbocycles. The fourth-order valence-electron chi connectivity index (χ4n) is 1.66. The molecule has 9 heteroatoms. The maximum absolute atomic E-state index is 12.5. The zero-order valence-corrected chi connectivity index (χ0v) is 11.8. The Balaban J connectivity index is 2.21. The second-order valence-corrected chi connectivity index (χ2v) is 4.77. The zero-order chi connectivity index (χ0) is 16.5. The van der Waals surface area contributed by atoms with Gasteiger partial charge in [-0.3, -0.25) is 0 Å². The number of halogens is 3. The number of nitrogens with zero attached hydrogens (tertiary/aromatic N) is 2. The van der Waals surface area contributed by atoms with Crippen LogP contribution in [0.25, 0.3) is 11.1 Å². The molecule has 2 rings (SSSR count). The lowest BCUT2D eigenvalue weighted by Crippen LogP contribution is -2.40. The standard InChI is InChI=1S/C13H14F3N3O3/c1-7(6-20)19(2)12(21)17-8-3-4-10-9(5-8)18-11(22-10)13(14,15)16/h3-5,7,20H,6H2,1-2H3,(H,17,21). The number of anilines is 1. The number of hydrogen-bond acceptors (Lipinski definition) is 4. The molecular weight excluding hydrogens is 303 g/mol. The molecule has 6 nitrogen and oxygen atoms in total. The molecule has 0 saturated heterocycles. The van der Waals surface area contributed by atoms with Gasteiger partial charge in [-0.2, -0.15) is 13.2 Å². The first-order chi connectivity index (χ1) is 10.2. The Morgan fingerprint density at radius 3 is 2.77 bits per heavy atom. The summed E-state index contributed by atoms with van der Waals surface area (Å²) in [7, 11) is 1.49. The number of amides is 2. The van der Waals surface area contributed by atoms with Gasteiger partial charge in [0.25, 0.3) is 0 Å². The number of alkyl halides is 3. The predicted molar refractivity (Wildman–Crippen MR) is 72.3 cm³/mol. The molecule has 120 valence electrons. The van der Waals surface area contributed by atoms with Crippen LogP contribution in [0.2, 0.25) is 0 Å². The van der Waals surface area contributed by atoms with E-state index in [0.29, 0.717) is 0 Å². The largest absolute Gasteiger partial charge is 0.468 e. The first kappa shape index (κ1) is 16.1. The molecule has 0 aliphatic heterocycles. The van der Waals surface area contributed by atoms with Crippen molar-refractivity contribution in [1.29, 1.82) is 0 Å². The summed E-state index contributed by atoms with van der Waals surface area (Å²) < 4.78 is 42.1. The summed E-state index contributed by atoms with van der Waals surface area (Å²) in [4.78, 5) is 16.5. The molecule has 2 aromatic rings. The maximum atomic E-state index is 12.5. The number of oxazole rings is 1. The van der Waals surface area contributed by atoms with Crippen LogP contribution in [0.1, 0.15) is 12.8 Å². The Labute approximate surface area is 123 Å². The molecule has 1 heterocycles. The SMILES string of the molecule is CC(CO)N(C)C(=O)Nc1ccc2oc(C(F)(F)F)nc2c1. The van der Waals surface area contributed by atoms with E-state index in [1.165, 1.54) is 30.1 Å². The average Bonchev–Trinajstić information content (AvgIpc) is 2.88. The first-order valence-electron chi connectivity index (χ1n) is 6.35. The molecule has 0 aliphatic rings. The average molecular weight is 317 g/mol. The summed E-state index contributed by atoms with van der Waals surface area (Å²) in [5.41, 5.74) is 0.238. The van der Waals surface area contributed by atoms with Gasteiger partial charge in [-0.05, 0) is 25.1 Å². The van der Waals surface area contributed by atoms with Crippen molar-refractivity contribution in [2.24, 2.45) is 0 Å². The Kier molecular flexibility index (Phi) is 4.27. The number of rotatable bonds is 3. The van der Waals surface area contributed by atoms with Crippen molar-refractivity contribution < 1.29 is 27.5 Å². The topological polar surface area (TPSA) is 78.6 Å². The van der Waals surface area contributed by atoms with Crippen LogP contribution < -0.4 is 5.32 Å². The zero-order valence-electron chi connectivity index (χ0n) is 11.8. The number of fused-ring (bicyclic) bond motifs is 1. The highest BCUT2D eigenvalue weighted by Crippen LogP contribution is 2.31. The summed E-state index contributed by atoms with van der Waals surface area (Å²) in [5, 5.41) is 11.5. The fourth-order valence-corrected chi connectivity index (χ4v) is 1.66. The second-order valence-electron chi connectivity index (χ2n) is 4.77. The Bertz CT molecular complexity index is 684. The highest BCUT2D eigenvalue weighted by molar-refractivity contribution is 5.91. The smallest absolute Gasteiger partial charge is 0.433 e. The molecule has 1 atom stereocenters. The molecule has 0 spiro atoms. The van der Waals surface area contributed by atoms with E-state index in [4.69, 9.17) is 5.11 Å². The Morgan fingerprint density at radius 1 is 1.50 bits per heavy atom. The van der Waals surface area contributed by atoms with Crippen molar-refractivity contribution in [3.8, 4) is 0 Å². The third-order valence-corrected chi connectivity index (χ3v) is 3.13. The number of carbonyl (C=O) groups excluding carboxylic acids is 1. The predicted octanol–water partition coefficient (Wildman–Crippen LogP) is 2.69. The van der Waals surface area contributed by atoms with Crippen LogP contribution in [0.5, 0.6) is 0 Å². The van der Waals surface area contributed by atoms with Crippen molar-refractivity contribution >= 4 is 22.8 Å². The number of aliphatic hydroxyl groups is 1. The van der Waals surface area contributed by atoms with Crippen LogP contribution in [-0.2, 0) is 6.18 Å². The number of benzene rings is 1. The maximum Gasteiger partial charge on any atom is 0.468 e. The Hall–Kier alpha value is -2.29. The van der Waals surface area contributed by atoms with Crippen molar-refractivity contribution in [3.05, 3.63) is 24.1 Å². The molecule has 0 bridgehead atoms. The minimum absolute atomic E-state index is 0.0111. The van der Waals surface area contributed by atoms with Gasteiger partial charge in [0.05, 0.1) is 12.6 Å². The first-order valence-corrected chi connectivity index (χ1v) is 6.35. The van der Waals surface area contributed by atoms with Crippen LogP contribution in [0.15, 0.2) is 22.6 Å². The molecule has 0 aliphatic carbocycles. The number of aromatic nitrogens is 1. The summed E-state index contributed by atoms with van der Waals surface area (Å²) in [5.74, 6) is -1.34. The number of carbonyl (C=O) groups is 1. The van der Waals surface area contributed by atoms with Gasteiger partial charge >= 0.3 is 18.1 Å². The third kappa shape index (κ3) is 3.30. The number of likely N-dealkylation sites (N-methyl/N-ethyl adjacent to an activating group) is 1. The number of hydrogen-bond donors (Lipinski definition) is 2. The lowest BCUT2D eigenvalue weighted by molar-refractivity contribution is -0.156. The van der Waals surface area contributed by atoms with Crippen LogP contribution in [-0.4, -0.2) is 40.7 Å². The molecule has 1 unspecified atom stereocenters. The normalized spacial score (nSPS) is 13.2. The monoisotopic (exact) mass is 317 g/mol. The summed E-state index contributed by atoms with van der Waals surface area (Å²) >= 11 is 0. The quantitative estimate of drug-likeness (QED) is 0.912. The van der Waals surface area contributed by atoms with Crippen LogP contribution in [0.4, 0.5) is 23.7 Å². The van der Waals surface area contributed by atoms with E-state index < -0.39 is 24.1 Å². The lowest BCUT2D eigenvalue weighted by atomic mass is 10.3. The van der Waals surface area contributed by atoms with E-state index in [1.807, 2.05) is 0 Å². The number of urea groups is 1. The van der Waals surface area contributed by atoms with E-state index in [-0.39, 0.29) is 23.4 Å². The second kappa shape index (κ2) is 5.84. The third-order valence-electron chi connectivity index (χ3n) is 3.13. The molecule has 0 radical (unpaired) electrons. The molecule has 2 amide bonds. The van der Waals surface area contributed by atoms with Gasteiger partial charge in [0, 0.05) is 12.7 Å². The van der Waals surface area contributed by atoms with E-state index in [2.05, 4.69) is 14.7 Å². The van der Waals surface area contributed by atoms with Gasteiger partial charge in [0.15, 0.2) is 5.58 Å². The van der Waals surface area contributed by atoms with E-state index >= 15 is 0 Å². The van der Waals surface area contributed by atoms with Crippen LogP contribution in [0.3, 0.4) is 0 Å². The van der Waals surface area contributed by atoms with E-state index in [0.717, 1.165) is 0 Å². The summed E-state index contributed by atoms with van der Waals surface area (Å²) in [6, 6.07) is 3.09. The van der Waals surface area contributed by atoms with Gasteiger partial charge < -0.3 is 19.7 Å². The molecular formula is C13H14F3N3O3. The fraction of sp³-hybridized carbons (Fsp3) is 0.385. The highest BCUT2D eigenvalue weighted by Gasteiger charge is 2.37. The van der Waals surface area contributed by atoms with Crippen molar-refractivity contribution in [3.63, 3.8) is 0 Å². The van der Waals surface area contributed by atoms with Crippen molar-refractivity contribution in [2.45, 2.75) is 19.1 Å². The lowest BCUT2D eigenvalue weighted by Gasteiger charge is -2.23. The van der Waals surface area contributed by atoms with Gasteiger partial charge in [0.2, 0.25) is 0 Å². The Morgan fingerprint density at radius 2 is 2.18 bits per heavy atom. The van der Waals surface area contributed by atoms with Crippen LogP contribution in [0, 0.1) is 0 Å². The summed E-state index contributed by atoms with van der Waals surface area (Å²) in [6.45, 7) is 1.44. The summed E-state index contributed by atoms with van der Waals surface area (Å²) in [6.07, 6.45) is -4.67. The minimum atomic E-state index is -4.67. The molecule has 0 saturated carbocycles. The molecule has 22 heavy (non-hydrogen) atoms. The van der Waals surface area contributed by atoms with Gasteiger partial charge in [0.1, 0.15) is 5.52 Å². The van der Waals surface area contributed by atoms with Gasteiger partial charge in [-0.25, -0.2) is 9.78 Å².